The Bertz CT molecular complexity index is 742. The SMILES string of the molecule is CC(=O)c1ccc(Cc2cnc(-c3ccccc3)[nH]2)cc1. The van der Waals surface area contributed by atoms with Crippen LogP contribution < -0.4 is 0 Å². The Balaban J connectivity index is 1.77. The number of hydrogen-bond donors (Lipinski definition) is 1. The van der Waals surface area contributed by atoms with E-state index in [4.69, 9.17) is 0 Å². The first-order valence-corrected chi connectivity index (χ1v) is 6.91. The van der Waals surface area contributed by atoms with Crippen LogP contribution in [0.25, 0.3) is 11.4 Å². The summed E-state index contributed by atoms with van der Waals surface area (Å²) in [6, 6.07) is 17.8. The molecule has 1 heterocycles. The van der Waals surface area contributed by atoms with Gasteiger partial charge in [-0.05, 0) is 12.5 Å². The van der Waals surface area contributed by atoms with Gasteiger partial charge in [0.2, 0.25) is 0 Å². The van der Waals surface area contributed by atoms with Crippen LogP contribution >= 0.6 is 0 Å². The number of aromatic amines is 1. The number of carbonyl (C=O) groups is 1. The molecule has 0 spiro atoms. The summed E-state index contributed by atoms with van der Waals surface area (Å²) in [7, 11) is 0. The van der Waals surface area contributed by atoms with E-state index in [1.54, 1.807) is 6.92 Å². The number of ketones is 1. The number of aromatic nitrogens is 2. The second kappa shape index (κ2) is 5.75. The largest absolute Gasteiger partial charge is 0.342 e. The van der Waals surface area contributed by atoms with Crippen molar-refractivity contribution in [3.05, 3.63) is 77.6 Å². The smallest absolute Gasteiger partial charge is 0.159 e. The lowest BCUT2D eigenvalue weighted by Gasteiger charge is -2.01. The van der Waals surface area contributed by atoms with Crippen LogP contribution in [-0.4, -0.2) is 15.8 Å². The number of carbonyl (C=O) groups excluding carboxylic acids is 1. The lowest BCUT2D eigenvalue weighted by molar-refractivity contribution is 0.101. The fraction of sp³-hybridized carbons (Fsp3) is 0.111. The number of rotatable bonds is 4. The van der Waals surface area contributed by atoms with Crippen molar-refractivity contribution < 1.29 is 4.79 Å². The standard InChI is InChI=1S/C18H16N2O/c1-13(21)15-9-7-14(8-10-15)11-17-12-19-18(20-17)16-5-3-2-4-6-16/h2-10,12H,11H2,1H3,(H,19,20). The zero-order chi connectivity index (χ0) is 14.7. The summed E-state index contributed by atoms with van der Waals surface area (Å²) in [5.41, 5.74) is 4.04. The zero-order valence-electron chi connectivity index (χ0n) is 11.8. The summed E-state index contributed by atoms with van der Waals surface area (Å²) >= 11 is 0. The lowest BCUT2D eigenvalue weighted by Crippen LogP contribution is -1.93. The van der Waals surface area contributed by atoms with Crippen LogP contribution in [-0.2, 0) is 6.42 Å². The molecular weight excluding hydrogens is 260 g/mol. The molecule has 0 unspecified atom stereocenters. The second-order valence-corrected chi connectivity index (χ2v) is 5.05. The monoisotopic (exact) mass is 276 g/mol. The molecule has 3 rings (SSSR count). The van der Waals surface area contributed by atoms with E-state index >= 15 is 0 Å². The molecule has 3 nitrogen and oxygen atoms in total. The van der Waals surface area contributed by atoms with Gasteiger partial charge in [0.05, 0.1) is 0 Å². The molecule has 0 saturated carbocycles. The van der Waals surface area contributed by atoms with E-state index in [2.05, 4.69) is 9.97 Å². The van der Waals surface area contributed by atoms with Crippen molar-refractivity contribution in [2.75, 3.05) is 0 Å². The van der Waals surface area contributed by atoms with Crippen LogP contribution in [0.2, 0.25) is 0 Å². The number of benzene rings is 2. The molecule has 21 heavy (non-hydrogen) atoms. The number of nitrogens with one attached hydrogen (secondary N) is 1. The van der Waals surface area contributed by atoms with Gasteiger partial charge >= 0.3 is 0 Å². The van der Waals surface area contributed by atoms with Gasteiger partial charge in [0, 0.05) is 29.4 Å². The third kappa shape index (κ3) is 3.08. The molecule has 0 amide bonds. The fourth-order valence-electron chi connectivity index (χ4n) is 2.27. The van der Waals surface area contributed by atoms with Gasteiger partial charge in [0.25, 0.3) is 0 Å². The van der Waals surface area contributed by atoms with Crippen LogP contribution in [0, 0.1) is 0 Å². The summed E-state index contributed by atoms with van der Waals surface area (Å²) in [6.07, 6.45) is 2.64. The van der Waals surface area contributed by atoms with Crippen LogP contribution in [0.3, 0.4) is 0 Å². The number of H-pyrrole nitrogens is 1. The van der Waals surface area contributed by atoms with Crippen molar-refractivity contribution in [1.82, 2.24) is 9.97 Å². The molecule has 0 aliphatic heterocycles. The first-order chi connectivity index (χ1) is 10.2. The van der Waals surface area contributed by atoms with Crippen LogP contribution in [0.15, 0.2) is 60.8 Å². The summed E-state index contributed by atoms with van der Waals surface area (Å²) < 4.78 is 0. The van der Waals surface area contributed by atoms with Gasteiger partial charge in [0.1, 0.15) is 5.82 Å². The third-order valence-corrected chi connectivity index (χ3v) is 3.43. The first-order valence-electron chi connectivity index (χ1n) is 6.91. The molecule has 0 aliphatic rings. The van der Waals surface area contributed by atoms with Gasteiger partial charge in [-0.1, -0.05) is 54.6 Å². The summed E-state index contributed by atoms with van der Waals surface area (Å²) in [5.74, 6) is 0.973. The lowest BCUT2D eigenvalue weighted by atomic mass is 10.1. The predicted octanol–water partition coefficient (Wildman–Crippen LogP) is 3.87. The van der Waals surface area contributed by atoms with Gasteiger partial charge in [-0.15, -0.1) is 0 Å². The minimum atomic E-state index is 0.0921. The quantitative estimate of drug-likeness (QED) is 0.735. The van der Waals surface area contributed by atoms with E-state index in [0.29, 0.717) is 0 Å². The predicted molar refractivity (Wildman–Crippen MR) is 83.3 cm³/mol. The highest BCUT2D eigenvalue weighted by Crippen LogP contribution is 2.16. The molecule has 0 atom stereocenters. The number of imidazole rings is 1. The first kappa shape index (κ1) is 13.3. The Hall–Kier alpha value is -2.68. The van der Waals surface area contributed by atoms with Gasteiger partial charge in [-0.25, -0.2) is 4.98 Å². The van der Waals surface area contributed by atoms with Gasteiger partial charge in [-0.3, -0.25) is 4.79 Å². The summed E-state index contributed by atoms with van der Waals surface area (Å²) in [4.78, 5) is 19.0. The van der Waals surface area contributed by atoms with Gasteiger partial charge in [0.15, 0.2) is 5.78 Å². The Morgan fingerprint density at radius 1 is 1.05 bits per heavy atom. The van der Waals surface area contributed by atoms with Crippen molar-refractivity contribution in [3.63, 3.8) is 0 Å². The molecule has 3 heteroatoms. The topological polar surface area (TPSA) is 45.8 Å². The third-order valence-electron chi connectivity index (χ3n) is 3.43. The Morgan fingerprint density at radius 3 is 2.43 bits per heavy atom. The zero-order valence-corrected chi connectivity index (χ0v) is 11.8. The van der Waals surface area contributed by atoms with Gasteiger partial charge < -0.3 is 4.98 Å². The molecule has 0 saturated heterocycles. The van der Waals surface area contributed by atoms with E-state index in [9.17, 15) is 4.79 Å². The highest BCUT2D eigenvalue weighted by Gasteiger charge is 2.05. The van der Waals surface area contributed by atoms with E-state index in [1.807, 2.05) is 60.8 Å². The van der Waals surface area contributed by atoms with Crippen molar-refractivity contribution >= 4 is 5.78 Å². The molecule has 104 valence electrons. The molecule has 0 aliphatic carbocycles. The number of Topliss-reactive ketones (excluding diaryl/α,β-unsaturated/α-hetero) is 1. The van der Waals surface area contributed by atoms with E-state index in [0.717, 1.165) is 34.6 Å². The van der Waals surface area contributed by atoms with E-state index in [1.165, 1.54) is 0 Å². The normalized spacial score (nSPS) is 10.5. The molecule has 2 aromatic carbocycles. The average molecular weight is 276 g/mol. The minimum absolute atomic E-state index is 0.0921. The Morgan fingerprint density at radius 2 is 1.76 bits per heavy atom. The Kier molecular flexibility index (Phi) is 3.65. The number of hydrogen-bond acceptors (Lipinski definition) is 2. The van der Waals surface area contributed by atoms with Crippen molar-refractivity contribution in [2.45, 2.75) is 13.3 Å². The molecule has 0 fully saturated rings. The molecule has 0 radical (unpaired) electrons. The summed E-state index contributed by atoms with van der Waals surface area (Å²) in [6.45, 7) is 1.58. The molecule has 1 N–H and O–H groups in total. The molecular formula is C18H16N2O. The van der Waals surface area contributed by atoms with Crippen LogP contribution in [0.5, 0.6) is 0 Å². The molecule has 0 bridgehead atoms. The number of nitrogens with zero attached hydrogens (tertiary/aromatic N) is 1. The molecule has 3 aromatic rings. The maximum Gasteiger partial charge on any atom is 0.159 e. The van der Waals surface area contributed by atoms with Crippen LogP contribution in [0.1, 0.15) is 28.5 Å². The second-order valence-electron chi connectivity index (χ2n) is 5.05. The summed E-state index contributed by atoms with van der Waals surface area (Å²) in [5, 5.41) is 0. The Labute approximate surface area is 123 Å². The van der Waals surface area contributed by atoms with E-state index in [-0.39, 0.29) is 5.78 Å². The van der Waals surface area contributed by atoms with Crippen molar-refractivity contribution in [2.24, 2.45) is 0 Å². The highest BCUT2D eigenvalue weighted by atomic mass is 16.1. The maximum atomic E-state index is 11.3. The van der Waals surface area contributed by atoms with Gasteiger partial charge in [-0.2, -0.15) is 0 Å². The minimum Gasteiger partial charge on any atom is -0.342 e. The van der Waals surface area contributed by atoms with Crippen molar-refractivity contribution in [1.29, 1.82) is 0 Å². The maximum absolute atomic E-state index is 11.3. The van der Waals surface area contributed by atoms with Crippen molar-refractivity contribution in [3.8, 4) is 11.4 Å². The van der Waals surface area contributed by atoms with Crippen LogP contribution in [0.4, 0.5) is 0 Å². The fourth-order valence-corrected chi connectivity index (χ4v) is 2.27. The average Bonchev–Trinajstić information content (AvgIpc) is 2.97. The molecule has 1 aromatic heterocycles. The van der Waals surface area contributed by atoms with E-state index < -0.39 is 0 Å². The highest BCUT2D eigenvalue weighted by molar-refractivity contribution is 5.94.